The summed E-state index contributed by atoms with van der Waals surface area (Å²) in [5, 5.41) is 11.7. The predicted octanol–water partition coefficient (Wildman–Crippen LogP) is 1.46. The predicted molar refractivity (Wildman–Crippen MR) is 82.5 cm³/mol. The number of aromatic nitrogens is 3. The molecule has 1 aromatic heterocycles. The summed E-state index contributed by atoms with van der Waals surface area (Å²) in [7, 11) is 2.17. The van der Waals surface area contributed by atoms with E-state index in [9.17, 15) is 0 Å². The Balaban J connectivity index is 2.33. The minimum atomic E-state index is 0.476. The van der Waals surface area contributed by atoms with E-state index in [0.717, 1.165) is 31.1 Å². The average Bonchev–Trinajstić information content (AvgIpc) is 2.81. The fraction of sp³-hybridized carbons (Fsp3) is 0.846. The Morgan fingerprint density at radius 2 is 2.16 bits per heavy atom. The quantitative estimate of drug-likeness (QED) is 0.744. The van der Waals surface area contributed by atoms with Gasteiger partial charge in [-0.2, -0.15) is 11.8 Å². The van der Waals surface area contributed by atoms with Crippen LogP contribution in [-0.2, 0) is 13.1 Å². The lowest BCUT2D eigenvalue weighted by Crippen LogP contribution is -2.33. The number of likely N-dealkylation sites (N-methyl/N-ethyl adjacent to an activating group) is 1. The lowest BCUT2D eigenvalue weighted by Gasteiger charge is -2.23. The van der Waals surface area contributed by atoms with Crippen LogP contribution in [0, 0.1) is 0 Å². The first kappa shape index (κ1) is 16.5. The van der Waals surface area contributed by atoms with Gasteiger partial charge in [0, 0.05) is 37.1 Å². The summed E-state index contributed by atoms with van der Waals surface area (Å²) in [6.07, 6.45) is 4.18. The third-order valence-corrected chi connectivity index (χ3v) is 3.94. The molecule has 1 heterocycles. The maximum Gasteiger partial charge on any atom is 0.0964 e. The summed E-state index contributed by atoms with van der Waals surface area (Å²) in [4.78, 5) is 2.37. The Kier molecular flexibility index (Phi) is 7.41. The third kappa shape index (κ3) is 6.40. The van der Waals surface area contributed by atoms with Crippen LogP contribution in [0.4, 0.5) is 0 Å². The molecule has 0 aliphatic heterocycles. The van der Waals surface area contributed by atoms with Gasteiger partial charge in [0.25, 0.3) is 0 Å². The fourth-order valence-electron chi connectivity index (χ4n) is 1.69. The van der Waals surface area contributed by atoms with Crippen molar-refractivity contribution in [3.63, 3.8) is 0 Å². The van der Waals surface area contributed by atoms with Crippen LogP contribution in [0.1, 0.15) is 26.5 Å². The first-order chi connectivity index (χ1) is 9.02. The van der Waals surface area contributed by atoms with Crippen molar-refractivity contribution >= 4 is 11.8 Å². The molecule has 0 saturated heterocycles. The van der Waals surface area contributed by atoms with Crippen LogP contribution in [0.5, 0.6) is 0 Å². The van der Waals surface area contributed by atoms with Gasteiger partial charge in [0.05, 0.1) is 12.2 Å². The normalized spacial score (nSPS) is 13.4. The molecule has 19 heavy (non-hydrogen) atoms. The van der Waals surface area contributed by atoms with Crippen LogP contribution >= 0.6 is 11.8 Å². The van der Waals surface area contributed by atoms with Crippen LogP contribution in [0.25, 0.3) is 0 Å². The SMILES string of the molecule is CSCC(C)N(C)CCn1cc(CNC(C)C)nn1. The van der Waals surface area contributed by atoms with E-state index in [1.807, 2.05) is 22.6 Å². The molecule has 0 aliphatic carbocycles. The summed E-state index contributed by atoms with van der Waals surface area (Å²) in [6.45, 7) is 9.21. The van der Waals surface area contributed by atoms with Crippen molar-refractivity contribution in [2.24, 2.45) is 0 Å². The standard InChI is InChI=1S/C13H27N5S/c1-11(2)14-8-13-9-18(16-15-13)7-6-17(4)12(3)10-19-5/h9,11-12,14H,6-8,10H2,1-5H3. The second-order valence-corrected chi connectivity index (χ2v) is 6.20. The fourth-order valence-corrected chi connectivity index (χ4v) is 2.42. The van der Waals surface area contributed by atoms with Crippen molar-refractivity contribution in [1.29, 1.82) is 0 Å². The Labute approximate surface area is 121 Å². The molecule has 1 rings (SSSR count). The number of rotatable bonds is 9. The van der Waals surface area contributed by atoms with E-state index in [-0.39, 0.29) is 0 Å². The van der Waals surface area contributed by atoms with E-state index in [1.54, 1.807) is 0 Å². The maximum atomic E-state index is 4.18. The highest BCUT2D eigenvalue weighted by Gasteiger charge is 2.09. The van der Waals surface area contributed by atoms with E-state index in [4.69, 9.17) is 0 Å². The highest BCUT2D eigenvalue weighted by atomic mass is 32.2. The van der Waals surface area contributed by atoms with Crippen molar-refractivity contribution in [3.8, 4) is 0 Å². The zero-order valence-corrected chi connectivity index (χ0v) is 13.6. The number of hydrogen-bond acceptors (Lipinski definition) is 5. The van der Waals surface area contributed by atoms with E-state index in [0.29, 0.717) is 12.1 Å². The van der Waals surface area contributed by atoms with Gasteiger partial charge in [-0.25, -0.2) is 0 Å². The number of nitrogens with one attached hydrogen (secondary N) is 1. The maximum absolute atomic E-state index is 4.18. The molecular weight excluding hydrogens is 258 g/mol. The monoisotopic (exact) mass is 285 g/mol. The molecule has 0 bridgehead atoms. The van der Waals surface area contributed by atoms with Gasteiger partial charge in [-0.05, 0) is 20.2 Å². The molecule has 110 valence electrons. The topological polar surface area (TPSA) is 46.0 Å². The van der Waals surface area contributed by atoms with Gasteiger partial charge in [0.15, 0.2) is 0 Å². The summed E-state index contributed by atoms with van der Waals surface area (Å²) in [6, 6.07) is 1.07. The molecule has 1 aromatic rings. The molecule has 0 aromatic carbocycles. The van der Waals surface area contributed by atoms with Crippen molar-refractivity contribution < 1.29 is 0 Å². The Morgan fingerprint density at radius 1 is 1.42 bits per heavy atom. The van der Waals surface area contributed by atoms with Crippen LogP contribution < -0.4 is 5.32 Å². The minimum absolute atomic E-state index is 0.476. The Bertz CT molecular complexity index is 353. The molecule has 0 amide bonds. The average molecular weight is 285 g/mol. The van der Waals surface area contributed by atoms with Crippen molar-refractivity contribution in [2.75, 3.05) is 25.6 Å². The van der Waals surface area contributed by atoms with Gasteiger partial charge in [-0.15, -0.1) is 5.10 Å². The van der Waals surface area contributed by atoms with E-state index in [2.05, 4.69) is 54.6 Å². The number of nitrogens with zero attached hydrogens (tertiary/aromatic N) is 4. The largest absolute Gasteiger partial charge is 0.309 e. The van der Waals surface area contributed by atoms with Crippen LogP contribution in [0.3, 0.4) is 0 Å². The first-order valence-corrected chi connectivity index (χ1v) is 8.24. The number of thioether (sulfide) groups is 1. The lowest BCUT2D eigenvalue weighted by atomic mass is 10.3. The Hall–Kier alpha value is -0.590. The van der Waals surface area contributed by atoms with Crippen molar-refractivity contribution in [3.05, 3.63) is 11.9 Å². The molecule has 0 saturated carbocycles. The van der Waals surface area contributed by atoms with Gasteiger partial charge >= 0.3 is 0 Å². The lowest BCUT2D eigenvalue weighted by molar-refractivity contribution is 0.261. The summed E-state index contributed by atoms with van der Waals surface area (Å²) in [5.41, 5.74) is 1.01. The molecule has 1 unspecified atom stereocenters. The smallest absolute Gasteiger partial charge is 0.0964 e. The summed E-state index contributed by atoms with van der Waals surface area (Å²) in [5.74, 6) is 1.16. The molecule has 0 fully saturated rings. The summed E-state index contributed by atoms with van der Waals surface area (Å²) >= 11 is 1.89. The summed E-state index contributed by atoms with van der Waals surface area (Å²) < 4.78 is 1.93. The molecule has 0 aliphatic rings. The van der Waals surface area contributed by atoms with Gasteiger partial charge in [-0.1, -0.05) is 19.1 Å². The van der Waals surface area contributed by atoms with E-state index >= 15 is 0 Å². The second-order valence-electron chi connectivity index (χ2n) is 5.29. The van der Waals surface area contributed by atoms with E-state index < -0.39 is 0 Å². The zero-order valence-electron chi connectivity index (χ0n) is 12.8. The van der Waals surface area contributed by atoms with Crippen LogP contribution in [0.15, 0.2) is 6.20 Å². The van der Waals surface area contributed by atoms with Gasteiger partial charge in [0.2, 0.25) is 0 Å². The van der Waals surface area contributed by atoms with Gasteiger partial charge in [-0.3, -0.25) is 4.68 Å². The molecule has 5 nitrogen and oxygen atoms in total. The molecule has 0 spiro atoms. The molecular formula is C13H27N5S. The van der Waals surface area contributed by atoms with Crippen LogP contribution in [0.2, 0.25) is 0 Å². The Morgan fingerprint density at radius 3 is 2.79 bits per heavy atom. The van der Waals surface area contributed by atoms with Crippen molar-refractivity contribution in [1.82, 2.24) is 25.2 Å². The number of hydrogen-bond donors (Lipinski definition) is 1. The highest BCUT2D eigenvalue weighted by molar-refractivity contribution is 7.98. The molecule has 1 N–H and O–H groups in total. The highest BCUT2D eigenvalue weighted by Crippen LogP contribution is 2.03. The van der Waals surface area contributed by atoms with Crippen molar-refractivity contribution in [2.45, 2.75) is 45.9 Å². The van der Waals surface area contributed by atoms with E-state index in [1.165, 1.54) is 0 Å². The zero-order chi connectivity index (χ0) is 14.3. The third-order valence-electron chi connectivity index (χ3n) is 3.12. The van der Waals surface area contributed by atoms with Gasteiger partial charge < -0.3 is 10.2 Å². The molecule has 6 heteroatoms. The first-order valence-electron chi connectivity index (χ1n) is 6.84. The van der Waals surface area contributed by atoms with Crippen LogP contribution in [-0.4, -0.2) is 57.6 Å². The second kappa shape index (κ2) is 8.55. The molecule has 1 atom stereocenters. The van der Waals surface area contributed by atoms with Gasteiger partial charge in [0.1, 0.15) is 0 Å². The minimum Gasteiger partial charge on any atom is -0.309 e. The molecule has 0 radical (unpaired) electrons.